The first kappa shape index (κ1) is 28.2. The SMILES string of the molecule is C[N+](C)(C)CCCC[C@H](N)C(=O)N[C@@H](Cc1c(Sc2ccccc2[N+](=O)[O-])[nH]c2ccccc12)C(N)=O. The molecule has 0 radical (unpaired) electrons. The Labute approximate surface area is 220 Å². The van der Waals surface area contributed by atoms with Crippen molar-refractivity contribution < 1.29 is 19.0 Å². The minimum atomic E-state index is -0.992. The fraction of sp³-hybridized carbons (Fsp3) is 0.385. The molecule has 6 N–H and O–H groups in total. The predicted molar refractivity (Wildman–Crippen MR) is 145 cm³/mol. The second-order valence-electron chi connectivity index (χ2n) is 10.1. The molecule has 11 heteroatoms. The Morgan fingerprint density at radius 2 is 1.78 bits per heavy atom. The van der Waals surface area contributed by atoms with Gasteiger partial charge in [-0.2, -0.15) is 0 Å². The maximum absolute atomic E-state index is 12.8. The second kappa shape index (κ2) is 12.2. The van der Waals surface area contributed by atoms with Crippen molar-refractivity contribution in [3.8, 4) is 0 Å². The van der Waals surface area contributed by atoms with Gasteiger partial charge in [0.15, 0.2) is 0 Å². The summed E-state index contributed by atoms with van der Waals surface area (Å²) in [5.74, 6) is -1.11. The molecule has 1 aromatic heterocycles. The second-order valence-corrected chi connectivity index (χ2v) is 11.1. The molecule has 1 heterocycles. The highest BCUT2D eigenvalue weighted by Crippen LogP contribution is 2.39. The van der Waals surface area contributed by atoms with Gasteiger partial charge in [-0.1, -0.05) is 42.1 Å². The van der Waals surface area contributed by atoms with Gasteiger partial charge in [-0.3, -0.25) is 19.7 Å². The van der Waals surface area contributed by atoms with Gasteiger partial charge in [-0.25, -0.2) is 0 Å². The summed E-state index contributed by atoms with van der Waals surface area (Å²) in [6, 6.07) is 12.2. The molecule has 0 aliphatic carbocycles. The highest BCUT2D eigenvalue weighted by molar-refractivity contribution is 7.99. The van der Waals surface area contributed by atoms with E-state index in [4.69, 9.17) is 11.5 Å². The molecule has 37 heavy (non-hydrogen) atoms. The molecule has 0 fully saturated rings. The number of hydrogen-bond donors (Lipinski definition) is 4. The zero-order valence-electron chi connectivity index (χ0n) is 21.4. The number of amides is 2. The van der Waals surface area contributed by atoms with Crippen molar-refractivity contribution in [1.29, 1.82) is 0 Å². The number of nitrogens with zero attached hydrogens (tertiary/aromatic N) is 2. The van der Waals surface area contributed by atoms with Gasteiger partial charge in [-0.15, -0.1) is 0 Å². The van der Waals surface area contributed by atoms with Crippen molar-refractivity contribution in [2.24, 2.45) is 11.5 Å². The monoisotopic (exact) mass is 527 g/mol. The quantitative estimate of drug-likeness (QED) is 0.116. The van der Waals surface area contributed by atoms with E-state index in [1.807, 2.05) is 24.3 Å². The van der Waals surface area contributed by atoms with Crippen molar-refractivity contribution in [3.63, 3.8) is 0 Å². The average molecular weight is 528 g/mol. The molecule has 10 nitrogen and oxygen atoms in total. The highest BCUT2D eigenvalue weighted by Gasteiger charge is 2.26. The molecule has 3 aromatic rings. The molecule has 0 aliphatic rings. The van der Waals surface area contributed by atoms with E-state index in [0.717, 1.165) is 40.3 Å². The lowest BCUT2D eigenvalue weighted by Gasteiger charge is -2.24. The van der Waals surface area contributed by atoms with Gasteiger partial charge in [0.25, 0.3) is 5.69 Å². The van der Waals surface area contributed by atoms with Crippen LogP contribution in [0, 0.1) is 10.1 Å². The summed E-state index contributed by atoms with van der Waals surface area (Å²) >= 11 is 1.20. The van der Waals surface area contributed by atoms with E-state index in [1.165, 1.54) is 17.8 Å². The van der Waals surface area contributed by atoms with E-state index in [0.29, 0.717) is 16.3 Å². The first-order valence-electron chi connectivity index (χ1n) is 12.1. The Morgan fingerprint density at radius 1 is 1.11 bits per heavy atom. The number of nitrogens with one attached hydrogen (secondary N) is 2. The number of quaternary nitrogens is 1. The van der Waals surface area contributed by atoms with Gasteiger partial charge in [-0.05, 0) is 37.0 Å². The summed E-state index contributed by atoms with van der Waals surface area (Å²) in [5, 5.41) is 15.7. The summed E-state index contributed by atoms with van der Waals surface area (Å²) in [6.07, 6.45) is 2.35. The van der Waals surface area contributed by atoms with Crippen molar-refractivity contribution in [3.05, 3.63) is 64.2 Å². The number of nitro groups is 1. The van der Waals surface area contributed by atoms with Gasteiger partial charge < -0.3 is 26.3 Å². The number of carbonyl (C=O) groups is 2. The third-order valence-corrected chi connectivity index (χ3v) is 7.17. The summed E-state index contributed by atoms with van der Waals surface area (Å²) in [5.41, 5.74) is 13.3. The number of nitro benzene ring substituents is 1. The van der Waals surface area contributed by atoms with E-state index in [1.54, 1.807) is 18.2 Å². The number of aromatic amines is 1. The minimum absolute atomic E-state index is 0.0203. The summed E-state index contributed by atoms with van der Waals surface area (Å²) in [4.78, 5) is 40.0. The number of aromatic nitrogens is 1. The molecule has 198 valence electrons. The molecule has 0 saturated heterocycles. The highest BCUT2D eigenvalue weighted by atomic mass is 32.2. The van der Waals surface area contributed by atoms with Crippen molar-refractivity contribution in [2.75, 3.05) is 27.7 Å². The van der Waals surface area contributed by atoms with E-state index in [9.17, 15) is 19.7 Å². The third-order valence-electron chi connectivity index (χ3n) is 6.05. The molecule has 0 saturated carbocycles. The maximum atomic E-state index is 12.8. The van der Waals surface area contributed by atoms with Crippen LogP contribution >= 0.6 is 11.8 Å². The normalized spacial score (nSPS) is 13.3. The number of nitrogens with two attached hydrogens (primary N) is 2. The van der Waals surface area contributed by atoms with Crippen LogP contribution in [-0.4, -0.2) is 66.0 Å². The summed E-state index contributed by atoms with van der Waals surface area (Å²) < 4.78 is 0.836. The van der Waals surface area contributed by atoms with Crippen molar-refractivity contribution in [2.45, 2.75) is 47.7 Å². The van der Waals surface area contributed by atoms with Gasteiger partial charge in [0.1, 0.15) is 6.04 Å². The Hall–Kier alpha value is -3.41. The topological polar surface area (TPSA) is 157 Å². The number of H-pyrrole nitrogens is 1. The largest absolute Gasteiger partial charge is 0.368 e. The minimum Gasteiger partial charge on any atom is -0.368 e. The fourth-order valence-corrected chi connectivity index (χ4v) is 5.15. The lowest BCUT2D eigenvalue weighted by atomic mass is 10.0. The number of carbonyl (C=O) groups excluding carboxylic acids is 2. The van der Waals surface area contributed by atoms with Gasteiger partial charge in [0.2, 0.25) is 11.8 Å². The number of rotatable bonds is 13. The number of benzene rings is 2. The van der Waals surface area contributed by atoms with Gasteiger partial charge in [0, 0.05) is 23.4 Å². The van der Waals surface area contributed by atoms with E-state index < -0.39 is 28.8 Å². The molecule has 2 atom stereocenters. The molecule has 0 bridgehead atoms. The Bertz CT molecular complexity index is 1270. The van der Waals surface area contributed by atoms with Crippen LogP contribution in [0.25, 0.3) is 10.9 Å². The van der Waals surface area contributed by atoms with Crippen molar-refractivity contribution in [1.82, 2.24) is 10.3 Å². The lowest BCUT2D eigenvalue weighted by Crippen LogP contribution is -2.51. The van der Waals surface area contributed by atoms with Crippen LogP contribution < -0.4 is 16.8 Å². The standard InChI is InChI=1S/C26H34N6O4S/c1-32(2,3)15-9-8-11-19(27)25(34)29-21(24(28)33)16-18-17-10-4-5-12-20(17)30-26(18)37-23-14-7-6-13-22(23)31(35)36/h4-7,10,12-14,19,21,30H,8-9,11,15-16,27H2,1-3H3,(H2-,28,29,33,34)/p+1/t19-,21-/m0/s1. The van der Waals surface area contributed by atoms with Crippen LogP contribution in [0.1, 0.15) is 24.8 Å². The van der Waals surface area contributed by atoms with Crippen LogP contribution in [-0.2, 0) is 16.0 Å². The Morgan fingerprint density at radius 3 is 2.46 bits per heavy atom. The maximum Gasteiger partial charge on any atom is 0.283 e. The molecule has 2 amide bonds. The van der Waals surface area contributed by atoms with E-state index in [-0.39, 0.29) is 12.1 Å². The predicted octanol–water partition coefficient (Wildman–Crippen LogP) is 2.94. The number of fused-ring (bicyclic) bond motifs is 1. The zero-order chi connectivity index (χ0) is 27.2. The molecular formula is C26H35N6O4S+. The van der Waals surface area contributed by atoms with Crippen LogP contribution in [0.15, 0.2) is 58.5 Å². The molecule has 3 rings (SSSR count). The summed E-state index contributed by atoms with van der Waals surface area (Å²) in [6.45, 7) is 0.971. The van der Waals surface area contributed by atoms with Crippen LogP contribution in [0.5, 0.6) is 0 Å². The van der Waals surface area contributed by atoms with Gasteiger partial charge in [0.05, 0.1) is 48.6 Å². The Balaban J connectivity index is 1.80. The zero-order valence-corrected chi connectivity index (χ0v) is 22.2. The first-order valence-corrected chi connectivity index (χ1v) is 12.9. The van der Waals surface area contributed by atoms with Crippen LogP contribution in [0.3, 0.4) is 0 Å². The molecule has 0 aliphatic heterocycles. The number of primary amides is 1. The Kier molecular flexibility index (Phi) is 9.30. The van der Waals surface area contributed by atoms with Crippen molar-refractivity contribution >= 4 is 40.2 Å². The van der Waals surface area contributed by atoms with E-state index in [2.05, 4.69) is 31.4 Å². The number of unbranched alkanes of at least 4 members (excludes halogenated alkanes) is 1. The van der Waals surface area contributed by atoms with Crippen LogP contribution in [0.2, 0.25) is 0 Å². The van der Waals surface area contributed by atoms with Crippen LogP contribution in [0.4, 0.5) is 5.69 Å². The lowest BCUT2D eigenvalue weighted by molar-refractivity contribution is -0.870. The molecule has 0 spiro atoms. The summed E-state index contributed by atoms with van der Waals surface area (Å²) in [7, 11) is 6.33. The molecule has 2 aromatic carbocycles. The number of para-hydroxylation sites is 2. The van der Waals surface area contributed by atoms with E-state index >= 15 is 0 Å². The molecular weight excluding hydrogens is 492 g/mol. The smallest absolute Gasteiger partial charge is 0.283 e. The van der Waals surface area contributed by atoms with Gasteiger partial charge >= 0.3 is 0 Å². The first-order chi connectivity index (χ1) is 17.5. The third kappa shape index (κ3) is 7.78. The molecule has 0 unspecified atom stereocenters. The fourth-order valence-electron chi connectivity index (χ4n) is 4.06. The average Bonchev–Trinajstić information content (AvgIpc) is 3.17. The number of hydrogen-bond acceptors (Lipinski definition) is 6.